The molecule has 1 rings (SSSR count). The van der Waals surface area contributed by atoms with Crippen LogP contribution in [0.1, 0.15) is 65.2 Å². The number of carbonyl (C=O) groups excluding carboxylic acids is 1. The van der Waals surface area contributed by atoms with Crippen molar-refractivity contribution < 1.29 is 9.53 Å². The highest BCUT2D eigenvalue weighted by molar-refractivity contribution is 5.83. The van der Waals surface area contributed by atoms with Crippen LogP contribution in [-0.4, -0.2) is 12.6 Å². The highest BCUT2D eigenvalue weighted by Gasteiger charge is 2.32. The monoisotopic (exact) mass is 238 g/mol. The van der Waals surface area contributed by atoms with Gasteiger partial charge in [0.25, 0.3) is 0 Å². The van der Waals surface area contributed by atoms with E-state index in [1.165, 1.54) is 50.5 Å². The van der Waals surface area contributed by atoms with Gasteiger partial charge in [-0.25, -0.2) is 0 Å². The van der Waals surface area contributed by atoms with Crippen LogP contribution in [0.25, 0.3) is 0 Å². The van der Waals surface area contributed by atoms with Gasteiger partial charge in [0.05, 0.1) is 12.5 Å². The van der Waals surface area contributed by atoms with E-state index < -0.39 is 0 Å². The smallest absolute Gasteiger partial charge is 0.316 e. The molecule has 2 nitrogen and oxygen atoms in total. The number of hydrogen-bond donors (Lipinski definition) is 0. The molecule has 17 heavy (non-hydrogen) atoms. The van der Waals surface area contributed by atoms with Crippen molar-refractivity contribution in [1.29, 1.82) is 0 Å². The van der Waals surface area contributed by atoms with Crippen molar-refractivity contribution in [2.75, 3.05) is 6.61 Å². The Morgan fingerprint density at radius 1 is 1.12 bits per heavy atom. The van der Waals surface area contributed by atoms with Crippen LogP contribution < -0.4 is 0 Å². The van der Waals surface area contributed by atoms with E-state index in [9.17, 15) is 4.79 Å². The van der Waals surface area contributed by atoms with Crippen LogP contribution in [0.2, 0.25) is 0 Å². The Bertz CT molecular complexity index is 256. The average Bonchev–Trinajstić information content (AvgIpc) is 3.08. The number of rotatable bonds is 10. The summed E-state index contributed by atoms with van der Waals surface area (Å²) in [5.74, 6) is -0.0134. The molecule has 0 saturated heterocycles. The minimum Gasteiger partial charge on any atom is -0.465 e. The second-order valence-corrected chi connectivity index (χ2v) is 4.84. The van der Waals surface area contributed by atoms with Crippen molar-refractivity contribution in [2.45, 2.75) is 65.2 Å². The molecule has 0 fully saturated rings. The molecule has 0 N–H and O–H groups in total. The molecule has 1 unspecified atom stereocenters. The predicted octanol–water partition coefficient (Wildman–Crippen LogP) is 4.25. The lowest BCUT2D eigenvalue weighted by atomic mass is 10.1. The number of ether oxygens (including phenoxy) is 1. The van der Waals surface area contributed by atoms with Crippen LogP contribution in [-0.2, 0) is 9.53 Å². The van der Waals surface area contributed by atoms with Gasteiger partial charge >= 0.3 is 5.97 Å². The summed E-state index contributed by atoms with van der Waals surface area (Å²) in [6, 6.07) is 0. The largest absolute Gasteiger partial charge is 0.465 e. The minimum absolute atomic E-state index is 0.0371. The molecule has 0 aromatic heterocycles. The standard InChI is InChI=1S/C15H26O2/c1-3-5-6-7-8-9-10-11-13-12-14(13)15(16)17-4-2/h12,14H,3-11H2,1-2H3. The second-order valence-electron chi connectivity index (χ2n) is 4.84. The molecule has 1 aliphatic rings. The van der Waals surface area contributed by atoms with E-state index in [1.54, 1.807) is 0 Å². The molecular weight excluding hydrogens is 212 g/mol. The number of esters is 1. The number of hydrogen-bond acceptors (Lipinski definition) is 2. The third kappa shape index (κ3) is 5.90. The van der Waals surface area contributed by atoms with E-state index in [0.29, 0.717) is 6.61 Å². The maximum atomic E-state index is 11.3. The van der Waals surface area contributed by atoms with E-state index >= 15 is 0 Å². The van der Waals surface area contributed by atoms with Crippen LogP contribution in [0.3, 0.4) is 0 Å². The van der Waals surface area contributed by atoms with Crippen LogP contribution in [0, 0.1) is 5.92 Å². The Balaban J connectivity index is 1.89. The summed E-state index contributed by atoms with van der Waals surface area (Å²) in [4.78, 5) is 11.3. The third-order valence-corrected chi connectivity index (χ3v) is 3.28. The van der Waals surface area contributed by atoms with Crippen LogP contribution in [0.5, 0.6) is 0 Å². The lowest BCUT2D eigenvalue weighted by Crippen LogP contribution is -2.08. The van der Waals surface area contributed by atoms with Crippen molar-refractivity contribution in [2.24, 2.45) is 5.92 Å². The highest BCUT2D eigenvalue weighted by Crippen LogP contribution is 2.34. The van der Waals surface area contributed by atoms with Crippen LogP contribution in [0.4, 0.5) is 0 Å². The van der Waals surface area contributed by atoms with Crippen molar-refractivity contribution in [3.63, 3.8) is 0 Å². The van der Waals surface area contributed by atoms with Gasteiger partial charge in [0.2, 0.25) is 0 Å². The van der Waals surface area contributed by atoms with Gasteiger partial charge < -0.3 is 4.74 Å². The summed E-state index contributed by atoms with van der Waals surface area (Å²) in [5, 5.41) is 0. The Morgan fingerprint density at radius 3 is 2.41 bits per heavy atom. The lowest BCUT2D eigenvalue weighted by molar-refractivity contribution is -0.144. The van der Waals surface area contributed by atoms with Crippen molar-refractivity contribution in [1.82, 2.24) is 0 Å². The molecule has 2 heteroatoms. The topological polar surface area (TPSA) is 26.3 Å². The van der Waals surface area contributed by atoms with Crippen molar-refractivity contribution in [3.05, 3.63) is 11.6 Å². The molecule has 0 aliphatic heterocycles. The van der Waals surface area contributed by atoms with Gasteiger partial charge in [-0.15, -0.1) is 0 Å². The van der Waals surface area contributed by atoms with Gasteiger partial charge in [0, 0.05) is 0 Å². The van der Waals surface area contributed by atoms with Crippen LogP contribution in [0.15, 0.2) is 11.6 Å². The fourth-order valence-corrected chi connectivity index (χ4v) is 2.14. The molecule has 0 heterocycles. The molecule has 98 valence electrons. The fraction of sp³-hybridized carbons (Fsp3) is 0.800. The minimum atomic E-state index is -0.0505. The first kappa shape index (κ1) is 14.3. The molecular formula is C15H26O2. The maximum absolute atomic E-state index is 11.3. The highest BCUT2D eigenvalue weighted by atomic mass is 16.5. The summed E-state index contributed by atoms with van der Waals surface area (Å²) in [6.45, 7) is 4.60. The zero-order valence-electron chi connectivity index (χ0n) is 11.3. The zero-order chi connectivity index (χ0) is 12.5. The Labute approximate surface area is 105 Å². The molecule has 0 saturated carbocycles. The summed E-state index contributed by atoms with van der Waals surface area (Å²) in [7, 11) is 0. The Kier molecular flexibility index (Phi) is 6.99. The summed E-state index contributed by atoms with van der Waals surface area (Å²) in [5.41, 5.74) is 1.30. The van der Waals surface area contributed by atoms with Gasteiger partial charge in [-0.3, -0.25) is 4.79 Å². The van der Waals surface area contributed by atoms with E-state index in [-0.39, 0.29) is 11.9 Å². The molecule has 1 atom stereocenters. The quantitative estimate of drug-likeness (QED) is 0.323. The summed E-state index contributed by atoms with van der Waals surface area (Å²) in [6.07, 6.45) is 12.5. The predicted molar refractivity (Wildman–Crippen MR) is 70.8 cm³/mol. The van der Waals surface area contributed by atoms with E-state index in [1.807, 2.05) is 6.92 Å². The molecule has 0 aromatic carbocycles. The molecule has 1 aliphatic carbocycles. The van der Waals surface area contributed by atoms with Gasteiger partial charge in [-0.2, -0.15) is 0 Å². The van der Waals surface area contributed by atoms with Crippen molar-refractivity contribution in [3.8, 4) is 0 Å². The van der Waals surface area contributed by atoms with Gasteiger partial charge in [-0.05, 0) is 19.8 Å². The molecule has 0 bridgehead atoms. The molecule has 0 radical (unpaired) electrons. The molecule has 0 aromatic rings. The first-order valence-electron chi connectivity index (χ1n) is 7.16. The fourth-order valence-electron chi connectivity index (χ4n) is 2.14. The SMILES string of the molecule is CCCCCCCCCC1=CC1C(=O)OCC. The number of carbonyl (C=O) groups is 1. The second kappa shape index (κ2) is 8.32. The molecule has 0 spiro atoms. The Morgan fingerprint density at radius 2 is 1.76 bits per heavy atom. The van der Waals surface area contributed by atoms with E-state index in [0.717, 1.165) is 6.42 Å². The molecule has 0 amide bonds. The van der Waals surface area contributed by atoms with Gasteiger partial charge in [-0.1, -0.05) is 57.1 Å². The Hall–Kier alpha value is -0.790. The van der Waals surface area contributed by atoms with E-state index in [4.69, 9.17) is 4.74 Å². The average molecular weight is 238 g/mol. The maximum Gasteiger partial charge on any atom is 0.316 e. The summed E-state index contributed by atoms with van der Waals surface area (Å²) >= 11 is 0. The summed E-state index contributed by atoms with van der Waals surface area (Å²) < 4.78 is 4.98. The number of unbranched alkanes of at least 4 members (excludes halogenated alkanes) is 6. The normalized spacial score (nSPS) is 17.8. The van der Waals surface area contributed by atoms with Crippen molar-refractivity contribution >= 4 is 5.97 Å². The van der Waals surface area contributed by atoms with Gasteiger partial charge in [0.1, 0.15) is 0 Å². The third-order valence-electron chi connectivity index (χ3n) is 3.28. The van der Waals surface area contributed by atoms with E-state index in [2.05, 4.69) is 13.0 Å². The first-order valence-corrected chi connectivity index (χ1v) is 7.16. The van der Waals surface area contributed by atoms with Gasteiger partial charge in [0.15, 0.2) is 0 Å². The first-order chi connectivity index (χ1) is 8.29. The zero-order valence-corrected chi connectivity index (χ0v) is 11.3. The van der Waals surface area contributed by atoms with Crippen LogP contribution >= 0.6 is 0 Å². The lowest BCUT2D eigenvalue weighted by Gasteiger charge is -2.02.